The molecule has 0 bridgehead atoms. The summed E-state index contributed by atoms with van der Waals surface area (Å²) < 4.78 is 5.68. The van der Waals surface area contributed by atoms with Gasteiger partial charge in [-0.15, -0.1) is 0 Å². The third kappa shape index (κ3) is 4.70. The molecule has 2 rings (SSSR count). The first-order chi connectivity index (χ1) is 8.34. The number of benzene rings is 1. The summed E-state index contributed by atoms with van der Waals surface area (Å²) in [6, 6.07) is 11.7. The van der Waals surface area contributed by atoms with E-state index in [9.17, 15) is 0 Å². The van der Waals surface area contributed by atoms with Gasteiger partial charge in [-0.25, -0.2) is 0 Å². The Kier molecular flexibility index (Phi) is 5.36. The molecule has 2 nitrogen and oxygen atoms in total. The summed E-state index contributed by atoms with van der Waals surface area (Å²) in [5, 5.41) is 3.61. The summed E-state index contributed by atoms with van der Waals surface area (Å²) in [7, 11) is 0. The van der Waals surface area contributed by atoms with Gasteiger partial charge >= 0.3 is 0 Å². The minimum absolute atomic E-state index is 0.566. The number of rotatable bonds is 7. The minimum atomic E-state index is 0.566. The van der Waals surface area contributed by atoms with Gasteiger partial charge in [0.2, 0.25) is 0 Å². The summed E-state index contributed by atoms with van der Waals surface area (Å²) in [5.74, 6) is 2.55. The van der Waals surface area contributed by atoms with Gasteiger partial charge in [0.15, 0.2) is 0 Å². The van der Waals surface area contributed by atoms with Gasteiger partial charge in [0.25, 0.3) is 0 Å². The Balaban J connectivity index is 1.53. The van der Waals surface area contributed by atoms with Crippen LogP contribution in [0.4, 0.5) is 0 Å². The van der Waals surface area contributed by atoms with E-state index < -0.39 is 0 Å². The molecule has 1 saturated heterocycles. The van der Waals surface area contributed by atoms with Crippen LogP contribution >= 0.6 is 11.8 Å². The van der Waals surface area contributed by atoms with Crippen LogP contribution in [0.25, 0.3) is 0 Å². The maximum atomic E-state index is 5.68. The zero-order chi connectivity index (χ0) is 11.9. The minimum Gasteiger partial charge on any atom is -0.377 e. The lowest BCUT2D eigenvalue weighted by Crippen LogP contribution is -2.45. The maximum Gasteiger partial charge on any atom is 0.0716 e. The van der Waals surface area contributed by atoms with Gasteiger partial charge in [0, 0.05) is 30.2 Å². The lowest BCUT2D eigenvalue weighted by molar-refractivity contribution is 0.112. The molecule has 0 spiro atoms. The Bertz CT molecular complexity index is 313. The zero-order valence-electron chi connectivity index (χ0n) is 10.4. The van der Waals surface area contributed by atoms with Gasteiger partial charge in [0.1, 0.15) is 0 Å². The average molecular weight is 251 g/mol. The van der Waals surface area contributed by atoms with Crippen LogP contribution < -0.4 is 5.32 Å². The van der Waals surface area contributed by atoms with Crippen LogP contribution in [0.2, 0.25) is 0 Å². The molecule has 94 valence electrons. The molecule has 0 aromatic heterocycles. The lowest BCUT2D eigenvalue weighted by Gasteiger charge is -2.29. The topological polar surface area (TPSA) is 21.3 Å². The first-order valence-corrected chi connectivity index (χ1v) is 7.45. The maximum absolute atomic E-state index is 5.68. The van der Waals surface area contributed by atoms with E-state index in [2.05, 4.69) is 36.5 Å². The molecule has 1 aromatic rings. The summed E-state index contributed by atoms with van der Waals surface area (Å²) >= 11 is 2.02. The summed E-state index contributed by atoms with van der Waals surface area (Å²) in [6.07, 6.45) is 1.09. The van der Waals surface area contributed by atoms with Gasteiger partial charge in [-0.1, -0.05) is 30.3 Å². The highest BCUT2D eigenvalue weighted by atomic mass is 32.2. The largest absolute Gasteiger partial charge is 0.377 e. The fourth-order valence-electron chi connectivity index (χ4n) is 1.84. The normalized spacial score (nSPS) is 17.7. The molecular weight excluding hydrogens is 230 g/mol. The Morgan fingerprint density at radius 2 is 2.12 bits per heavy atom. The van der Waals surface area contributed by atoms with Crippen LogP contribution in [0.5, 0.6) is 0 Å². The van der Waals surface area contributed by atoms with Crippen LogP contribution in [0, 0.1) is 0 Å². The fraction of sp³-hybridized carbons (Fsp3) is 0.571. The predicted molar refractivity (Wildman–Crippen MR) is 74.4 cm³/mol. The van der Waals surface area contributed by atoms with E-state index in [1.54, 1.807) is 0 Å². The predicted octanol–water partition coefficient (Wildman–Crippen LogP) is 2.69. The Morgan fingerprint density at radius 1 is 1.35 bits per heavy atom. The van der Waals surface area contributed by atoms with Crippen LogP contribution in [0.1, 0.15) is 18.9 Å². The molecule has 0 radical (unpaired) electrons. The van der Waals surface area contributed by atoms with E-state index in [0.29, 0.717) is 6.04 Å². The smallest absolute Gasteiger partial charge is 0.0716 e. The standard InChI is InChI=1S/C14H21NOS/c1-12(15-14-10-17-11-14)7-8-16-9-13-5-3-2-4-6-13/h2-6,12,14-15H,7-11H2,1H3. The van der Waals surface area contributed by atoms with Crippen molar-refractivity contribution in [3.63, 3.8) is 0 Å². The van der Waals surface area contributed by atoms with E-state index in [1.807, 2.05) is 17.8 Å². The second-order valence-electron chi connectivity index (χ2n) is 4.63. The molecule has 3 heteroatoms. The van der Waals surface area contributed by atoms with Crippen molar-refractivity contribution in [2.45, 2.75) is 32.0 Å². The lowest BCUT2D eigenvalue weighted by atomic mass is 10.2. The highest BCUT2D eigenvalue weighted by molar-refractivity contribution is 8.00. The molecule has 1 atom stereocenters. The van der Waals surface area contributed by atoms with Gasteiger partial charge in [-0.2, -0.15) is 11.8 Å². The quantitative estimate of drug-likeness (QED) is 0.753. The summed E-state index contributed by atoms with van der Waals surface area (Å²) in [5.41, 5.74) is 1.25. The van der Waals surface area contributed by atoms with Gasteiger partial charge in [-0.05, 0) is 18.9 Å². The van der Waals surface area contributed by atoms with Crippen LogP contribution in [0.15, 0.2) is 30.3 Å². The van der Waals surface area contributed by atoms with Gasteiger partial charge in [0.05, 0.1) is 6.61 Å². The van der Waals surface area contributed by atoms with E-state index in [-0.39, 0.29) is 0 Å². The van der Waals surface area contributed by atoms with Gasteiger partial charge < -0.3 is 10.1 Å². The van der Waals surface area contributed by atoms with Crippen molar-refractivity contribution in [3.8, 4) is 0 Å². The number of hydrogen-bond acceptors (Lipinski definition) is 3. The molecule has 1 N–H and O–H groups in total. The van der Waals surface area contributed by atoms with Gasteiger partial charge in [-0.3, -0.25) is 0 Å². The SMILES string of the molecule is CC(CCOCc1ccccc1)NC1CSC1. The molecule has 0 amide bonds. The number of thioether (sulfide) groups is 1. The molecular formula is C14H21NOS. The van der Waals surface area contributed by atoms with Crippen molar-refractivity contribution in [1.82, 2.24) is 5.32 Å². The molecule has 1 unspecified atom stereocenters. The third-order valence-electron chi connectivity index (χ3n) is 2.97. The molecule has 1 aliphatic heterocycles. The molecule has 1 aliphatic rings. The fourth-order valence-corrected chi connectivity index (χ4v) is 2.51. The van der Waals surface area contributed by atoms with Crippen LogP contribution in [-0.4, -0.2) is 30.2 Å². The Hall–Kier alpha value is -0.510. The van der Waals surface area contributed by atoms with Crippen LogP contribution in [-0.2, 0) is 11.3 Å². The van der Waals surface area contributed by atoms with Crippen molar-refractivity contribution in [2.24, 2.45) is 0 Å². The number of nitrogens with one attached hydrogen (secondary N) is 1. The highest BCUT2D eigenvalue weighted by Crippen LogP contribution is 2.18. The Labute approximate surface area is 108 Å². The molecule has 1 heterocycles. The monoisotopic (exact) mass is 251 g/mol. The molecule has 0 saturated carbocycles. The summed E-state index contributed by atoms with van der Waals surface area (Å²) in [6.45, 7) is 3.81. The van der Waals surface area contributed by atoms with Crippen molar-refractivity contribution in [1.29, 1.82) is 0 Å². The third-order valence-corrected chi connectivity index (χ3v) is 4.24. The van der Waals surface area contributed by atoms with E-state index >= 15 is 0 Å². The van der Waals surface area contributed by atoms with Crippen molar-refractivity contribution in [2.75, 3.05) is 18.1 Å². The second-order valence-corrected chi connectivity index (χ2v) is 5.70. The van der Waals surface area contributed by atoms with Crippen LogP contribution in [0.3, 0.4) is 0 Å². The van der Waals surface area contributed by atoms with Crippen molar-refractivity contribution in [3.05, 3.63) is 35.9 Å². The molecule has 0 aliphatic carbocycles. The Morgan fingerprint density at radius 3 is 2.76 bits per heavy atom. The second kappa shape index (κ2) is 7.04. The number of ether oxygens (including phenoxy) is 1. The van der Waals surface area contributed by atoms with Crippen molar-refractivity contribution < 1.29 is 4.74 Å². The van der Waals surface area contributed by atoms with E-state index in [4.69, 9.17) is 4.74 Å². The summed E-state index contributed by atoms with van der Waals surface area (Å²) in [4.78, 5) is 0. The average Bonchev–Trinajstić information content (AvgIpc) is 2.31. The number of hydrogen-bond donors (Lipinski definition) is 1. The van der Waals surface area contributed by atoms with E-state index in [1.165, 1.54) is 17.1 Å². The first-order valence-electron chi connectivity index (χ1n) is 6.30. The van der Waals surface area contributed by atoms with E-state index in [0.717, 1.165) is 25.7 Å². The first kappa shape index (κ1) is 12.9. The highest BCUT2D eigenvalue weighted by Gasteiger charge is 2.19. The van der Waals surface area contributed by atoms with Crippen molar-refractivity contribution >= 4 is 11.8 Å². The zero-order valence-corrected chi connectivity index (χ0v) is 11.2. The molecule has 1 fully saturated rings. The molecule has 1 aromatic carbocycles. The molecule has 17 heavy (non-hydrogen) atoms.